The second-order valence-corrected chi connectivity index (χ2v) is 4.40. The predicted octanol–water partition coefficient (Wildman–Crippen LogP) is 3.37. The molecule has 0 atom stereocenters. The first-order chi connectivity index (χ1) is 8.51. The molecule has 0 radical (unpaired) electrons. The number of thiophene rings is 1. The zero-order valence-electron chi connectivity index (χ0n) is 10.5. The molecule has 0 aliphatic rings. The van der Waals surface area contributed by atoms with E-state index in [2.05, 4.69) is 15.6 Å². The Morgan fingerprint density at radius 2 is 2.11 bits per heavy atom. The molecular weight excluding hydrogens is 390 g/mol. The van der Waals surface area contributed by atoms with Crippen LogP contribution in [-0.4, -0.2) is 25.2 Å². The molecule has 0 amide bonds. The molecule has 0 fully saturated rings. The zero-order valence-corrected chi connectivity index (χ0v) is 13.6. The third-order valence-corrected chi connectivity index (χ3v) is 2.78. The Balaban J connectivity index is 0.00000324. The molecule has 1 aromatic heterocycles. The predicted molar refractivity (Wildman–Crippen MR) is 83.2 cm³/mol. The third kappa shape index (κ3) is 9.09. The van der Waals surface area contributed by atoms with Gasteiger partial charge in [0, 0.05) is 13.1 Å². The summed E-state index contributed by atoms with van der Waals surface area (Å²) in [6.07, 6.45) is -5.01. The van der Waals surface area contributed by atoms with E-state index in [1.165, 1.54) is 0 Å². The van der Waals surface area contributed by atoms with Crippen LogP contribution in [0, 0.1) is 0 Å². The van der Waals surface area contributed by atoms with Crippen LogP contribution in [0.4, 0.5) is 13.2 Å². The van der Waals surface area contributed by atoms with E-state index in [1.807, 2.05) is 23.8 Å². The van der Waals surface area contributed by atoms with Crippen molar-refractivity contribution < 1.29 is 13.2 Å². The number of nitrogens with zero attached hydrogens (tertiary/aromatic N) is 1. The minimum Gasteiger partial charge on any atom is -0.357 e. The van der Waals surface area contributed by atoms with Crippen molar-refractivity contribution in [3.63, 3.8) is 0 Å². The maximum absolute atomic E-state index is 12.0. The fraction of sp³-hybridized carbons (Fsp3) is 0.545. The fourth-order valence-electron chi connectivity index (χ4n) is 1.22. The van der Waals surface area contributed by atoms with Gasteiger partial charge < -0.3 is 10.6 Å². The summed E-state index contributed by atoms with van der Waals surface area (Å²) < 4.78 is 36.0. The van der Waals surface area contributed by atoms with Gasteiger partial charge in [-0.2, -0.15) is 24.5 Å². The topological polar surface area (TPSA) is 36.4 Å². The molecule has 0 spiro atoms. The summed E-state index contributed by atoms with van der Waals surface area (Å²) in [5, 5.41) is 9.47. The van der Waals surface area contributed by atoms with E-state index in [4.69, 9.17) is 0 Å². The summed E-state index contributed by atoms with van der Waals surface area (Å²) in [4.78, 5) is 4.21. The van der Waals surface area contributed by atoms with Crippen LogP contribution >= 0.6 is 35.3 Å². The molecule has 0 saturated carbocycles. The van der Waals surface area contributed by atoms with E-state index >= 15 is 0 Å². The number of nitrogens with one attached hydrogen (secondary N) is 2. The van der Waals surface area contributed by atoms with Gasteiger partial charge in [-0.05, 0) is 29.3 Å². The van der Waals surface area contributed by atoms with Gasteiger partial charge in [0.25, 0.3) is 0 Å². The van der Waals surface area contributed by atoms with Crippen molar-refractivity contribution in [3.8, 4) is 0 Å². The Kier molecular flexibility index (Phi) is 9.15. The molecule has 8 heteroatoms. The van der Waals surface area contributed by atoms with Crippen molar-refractivity contribution in [1.29, 1.82) is 0 Å². The highest BCUT2D eigenvalue weighted by Crippen LogP contribution is 2.18. The molecule has 0 aromatic carbocycles. The van der Waals surface area contributed by atoms with E-state index in [0.717, 1.165) is 5.56 Å². The largest absolute Gasteiger partial charge is 0.390 e. The molecule has 0 unspecified atom stereocenters. The fourth-order valence-corrected chi connectivity index (χ4v) is 1.88. The highest BCUT2D eigenvalue weighted by Gasteiger charge is 2.26. The third-order valence-electron chi connectivity index (χ3n) is 2.04. The molecule has 0 saturated heterocycles. The van der Waals surface area contributed by atoms with Crippen LogP contribution in [0.2, 0.25) is 0 Å². The van der Waals surface area contributed by atoms with Crippen LogP contribution < -0.4 is 10.6 Å². The summed E-state index contributed by atoms with van der Waals surface area (Å²) in [5.41, 5.74) is 1.05. The van der Waals surface area contributed by atoms with E-state index in [0.29, 0.717) is 19.0 Å². The van der Waals surface area contributed by atoms with Gasteiger partial charge in [-0.25, -0.2) is 4.99 Å². The molecule has 0 aliphatic carbocycles. The number of halogens is 4. The number of alkyl halides is 3. The van der Waals surface area contributed by atoms with Crippen molar-refractivity contribution in [3.05, 3.63) is 22.4 Å². The monoisotopic (exact) mass is 407 g/mol. The first-order valence-electron chi connectivity index (χ1n) is 5.61. The van der Waals surface area contributed by atoms with Crippen LogP contribution in [-0.2, 0) is 6.54 Å². The molecular formula is C11H17F3IN3S. The van der Waals surface area contributed by atoms with E-state index in [-0.39, 0.29) is 30.5 Å². The standard InChI is InChI=1S/C11H16F3N3S.HI/c1-2-15-10(16-5-4-11(12,13)14)17-7-9-3-6-18-8-9;/h3,6,8H,2,4-5,7H2,1H3,(H2,15,16,17);1H. The van der Waals surface area contributed by atoms with Crippen LogP contribution in [0.25, 0.3) is 0 Å². The first-order valence-corrected chi connectivity index (χ1v) is 6.55. The van der Waals surface area contributed by atoms with Gasteiger partial charge in [0.2, 0.25) is 0 Å². The average Bonchev–Trinajstić information content (AvgIpc) is 2.77. The number of guanidine groups is 1. The van der Waals surface area contributed by atoms with Gasteiger partial charge >= 0.3 is 6.18 Å². The molecule has 1 heterocycles. The van der Waals surface area contributed by atoms with Crippen molar-refractivity contribution in [1.82, 2.24) is 10.6 Å². The van der Waals surface area contributed by atoms with Crippen LogP contribution in [0.5, 0.6) is 0 Å². The zero-order chi connectivity index (χ0) is 13.4. The van der Waals surface area contributed by atoms with Gasteiger partial charge in [-0.15, -0.1) is 24.0 Å². The summed E-state index contributed by atoms with van der Waals surface area (Å²) >= 11 is 1.57. The maximum Gasteiger partial charge on any atom is 0.390 e. The SMILES string of the molecule is CCNC(=NCc1ccsc1)NCCC(F)(F)F.I. The first kappa shape index (κ1) is 18.5. The van der Waals surface area contributed by atoms with Crippen LogP contribution in [0.1, 0.15) is 18.9 Å². The molecule has 1 aromatic rings. The lowest BCUT2D eigenvalue weighted by Gasteiger charge is -2.12. The molecule has 110 valence electrons. The second-order valence-electron chi connectivity index (χ2n) is 3.62. The minimum atomic E-state index is -4.14. The average molecular weight is 407 g/mol. The quantitative estimate of drug-likeness (QED) is 0.446. The molecule has 2 N–H and O–H groups in total. The van der Waals surface area contributed by atoms with Crippen LogP contribution in [0.3, 0.4) is 0 Å². The molecule has 0 bridgehead atoms. The number of aliphatic imine (C=N–C) groups is 1. The van der Waals surface area contributed by atoms with Gasteiger partial charge in [0.15, 0.2) is 5.96 Å². The van der Waals surface area contributed by atoms with Gasteiger partial charge in [-0.1, -0.05) is 0 Å². The lowest BCUT2D eigenvalue weighted by Crippen LogP contribution is -2.38. The molecule has 19 heavy (non-hydrogen) atoms. The van der Waals surface area contributed by atoms with Crippen molar-refractivity contribution in [2.75, 3.05) is 13.1 Å². The van der Waals surface area contributed by atoms with E-state index in [1.54, 1.807) is 11.3 Å². The number of hydrogen-bond donors (Lipinski definition) is 2. The molecule has 0 aliphatic heterocycles. The van der Waals surface area contributed by atoms with Crippen molar-refractivity contribution >= 4 is 41.3 Å². The highest BCUT2D eigenvalue weighted by atomic mass is 127. The Labute approximate surface area is 131 Å². The lowest BCUT2D eigenvalue weighted by atomic mass is 10.3. The summed E-state index contributed by atoms with van der Waals surface area (Å²) in [6, 6.07) is 1.94. The van der Waals surface area contributed by atoms with Gasteiger partial charge in [-0.3, -0.25) is 0 Å². The Morgan fingerprint density at radius 3 is 2.63 bits per heavy atom. The smallest absolute Gasteiger partial charge is 0.357 e. The van der Waals surface area contributed by atoms with Gasteiger partial charge in [0.05, 0.1) is 13.0 Å². The van der Waals surface area contributed by atoms with Crippen molar-refractivity contribution in [2.45, 2.75) is 26.1 Å². The normalized spacial score (nSPS) is 11.9. The molecule has 1 rings (SSSR count). The van der Waals surface area contributed by atoms with Gasteiger partial charge in [0.1, 0.15) is 0 Å². The Bertz CT molecular complexity index is 366. The highest BCUT2D eigenvalue weighted by molar-refractivity contribution is 14.0. The van der Waals surface area contributed by atoms with E-state index in [9.17, 15) is 13.2 Å². The van der Waals surface area contributed by atoms with E-state index < -0.39 is 12.6 Å². The lowest BCUT2D eigenvalue weighted by molar-refractivity contribution is -0.132. The van der Waals surface area contributed by atoms with Crippen molar-refractivity contribution in [2.24, 2.45) is 4.99 Å². The number of hydrogen-bond acceptors (Lipinski definition) is 2. The minimum absolute atomic E-state index is 0. The number of rotatable bonds is 5. The molecule has 3 nitrogen and oxygen atoms in total. The summed E-state index contributed by atoms with van der Waals surface area (Å²) in [7, 11) is 0. The Hall–Kier alpha value is -0.510. The van der Waals surface area contributed by atoms with Crippen LogP contribution in [0.15, 0.2) is 21.8 Å². The Morgan fingerprint density at radius 1 is 1.37 bits per heavy atom. The second kappa shape index (κ2) is 9.40. The summed E-state index contributed by atoms with van der Waals surface area (Å²) in [6.45, 7) is 2.77. The maximum atomic E-state index is 12.0. The summed E-state index contributed by atoms with van der Waals surface area (Å²) in [5.74, 6) is 0.410.